The van der Waals surface area contributed by atoms with Crippen molar-refractivity contribution in [3.63, 3.8) is 0 Å². The van der Waals surface area contributed by atoms with Crippen molar-refractivity contribution in [2.24, 2.45) is 7.05 Å². The monoisotopic (exact) mass is 357 g/mol. The highest BCUT2D eigenvalue weighted by Gasteiger charge is 2.43. The van der Waals surface area contributed by atoms with Crippen LogP contribution in [0.5, 0.6) is 11.5 Å². The zero-order chi connectivity index (χ0) is 18.6. The minimum Gasteiger partial charge on any atom is -0.507 e. The fraction of sp³-hybridized carbons (Fsp3) is 0.316. The van der Waals surface area contributed by atoms with Crippen molar-refractivity contribution in [2.45, 2.75) is 18.1 Å². The first kappa shape index (κ1) is 16.8. The van der Waals surface area contributed by atoms with Gasteiger partial charge < -0.3 is 29.7 Å². The molecule has 1 aromatic heterocycles. The molecular formula is C19H19NO6. The van der Waals surface area contributed by atoms with Gasteiger partial charge >= 0.3 is 0 Å². The summed E-state index contributed by atoms with van der Waals surface area (Å²) in [5.41, 5.74) is -0.229. The highest BCUT2D eigenvalue weighted by atomic mass is 16.5. The second-order valence-electron chi connectivity index (χ2n) is 6.73. The molecule has 0 aliphatic carbocycles. The van der Waals surface area contributed by atoms with E-state index in [9.17, 15) is 25.2 Å². The summed E-state index contributed by atoms with van der Waals surface area (Å²) in [6, 6.07) is 8.47. The summed E-state index contributed by atoms with van der Waals surface area (Å²) in [5.74, 6) is 0.118. The van der Waals surface area contributed by atoms with Gasteiger partial charge in [-0.15, -0.1) is 0 Å². The van der Waals surface area contributed by atoms with Gasteiger partial charge in [-0.25, -0.2) is 0 Å². The molecule has 0 unspecified atom stereocenters. The van der Waals surface area contributed by atoms with Gasteiger partial charge in [0.15, 0.2) is 0 Å². The number of rotatable bonds is 3. The minimum absolute atomic E-state index is 0.186. The molecule has 0 saturated carbocycles. The summed E-state index contributed by atoms with van der Waals surface area (Å²) in [6.07, 6.45) is -0.700. The number of phenolic OH excluding ortho intramolecular Hbond substituents is 1. The lowest BCUT2D eigenvalue weighted by Gasteiger charge is -2.29. The fourth-order valence-electron chi connectivity index (χ4n) is 3.72. The van der Waals surface area contributed by atoms with Crippen LogP contribution in [0.15, 0.2) is 35.1 Å². The first-order chi connectivity index (χ1) is 12.4. The molecule has 4 N–H and O–H groups in total. The molecular weight excluding hydrogens is 338 g/mol. The van der Waals surface area contributed by atoms with Crippen LogP contribution in [0.3, 0.4) is 0 Å². The second kappa shape index (κ2) is 5.70. The number of hydrogen-bond acceptors (Lipinski definition) is 6. The van der Waals surface area contributed by atoms with E-state index in [1.165, 1.54) is 6.07 Å². The normalized spacial score (nSPS) is 16.8. The number of aryl methyl sites for hydroxylation is 1. The number of nitrogens with zero attached hydrogens (tertiary/aromatic N) is 1. The van der Waals surface area contributed by atoms with Crippen LogP contribution in [-0.4, -0.2) is 49.9 Å². The second-order valence-corrected chi connectivity index (χ2v) is 6.73. The Labute approximate surface area is 148 Å². The number of para-hydroxylation sites is 1. The first-order valence-electron chi connectivity index (χ1n) is 8.28. The molecule has 4 rings (SSSR count). The van der Waals surface area contributed by atoms with Crippen molar-refractivity contribution < 1.29 is 25.2 Å². The molecule has 0 bridgehead atoms. The third-order valence-electron chi connectivity index (χ3n) is 5.22. The third-order valence-corrected chi connectivity index (χ3v) is 5.22. The van der Waals surface area contributed by atoms with E-state index in [1.807, 2.05) is 16.7 Å². The smallest absolute Gasteiger partial charge is 0.200 e. The van der Waals surface area contributed by atoms with Gasteiger partial charge in [0.05, 0.1) is 29.6 Å². The molecule has 2 aromatic carbocycles. The Balaban J connectivity index is 2.04. The Morgan fingerprint density at radius 2 is 1.96 bits per heavy atom. The van der Waals surface area contributed by atoms with Crippen molar-refractivity contribution in [3.05, 3.63) is 46.1 Å². The average molecular weight is 357 g/mol. The number of benzene rings is 2. The number of hydrogen-bond donors (Lipinski definition) is 4. The molecule has 7 heteroatoms. The molecule has 1 aliphatic heterocycles. The van der Waals surface area contributed by atoms with E-state index in [4.69, 9.17) is 4.74 Å². The summed E-state index contributed by atoms with van der Waals surface area (Å²) >= 11 is 0. The van der Waals surface area contributed by atoms with Gasteiger partial charge in [-0.2, -0.15) is 0 Å². The van der Waals surface area contributed by atoms with Gasteiger partial charge in [0, 0.05) is 30.5 Å². The molecule has 2 heterocycles. The Bertz CT molecular complexity index is 1080. The van der Waals surface area contributed by atoms with Gasteiger partial charge in [-0.1, -0.05) is 12.1 Å². The van der Waals surface area contributed by atoms with Crippen molar-refractivity contribution in [1.82, 2.24) is 4.57 Å². The molecule has 0 fully saturated rings. The summed E-state index contributed by atoms with van der Waals surface area (Å²) in [6.45, 7) is -1.35. The van der Waals surface area contributed by atoms with Crippen molar-refractivity contribution >= 4 is 21.8 Å². The van der Waals surface area contributed by atoms with Crippen LogP contribution < -0.4 is 10.2 Å². The number of fused-ring (bicyclic) bond motifs is 4. The lowest BCUT2D eigenvalue weighted by Crippen LogP contribution is -2.51. The van der Waals surface area contributed by atoms with Crippen LogP contribution in [0.25, 0.3) is 21.8 Å². The summed E-state index contributed by atoms with van der Waals surface area (Å²) in [7, 11) is 1.79. The van der Waals surface area contributed by atoms with E-state index in [0.717, 1.165) is 0 Å². The number of aliphatic hydroxyl groups excluding tert-OH is 2. The lowest BCUT2D eigenvalue weighted by molar-refractivity contribution is -0.115. The minimum atomic E-state index is -1.82. The van der Waals surface area contributed by atoms with E-state index in [1.54, 1.807) is 19.2 Å². The Hall–Kier alpha value is -2.61. The molecule has 7 nitrogen and oxygen atoms in total. The summed E-state index contributed by atoms with van der Waals surface area (Å²) in [5, 5.41) is 40.4. The van der Waals surface area contributed by atoms with E-state index >= 15 is 0 Å². The molecule has 0 amide bonds. The van der Waals surface area contributed by atoms with Crippen LogP contribution in [-0.2, 0) is 13.5 Å². The van der Waals surface area contributed by atoms with Crippen LogP contribution in [0, 0.1) is 0 Å². The van der Waals surface area contributed by atoms with E-state index in [2.05, 4.69) is 0 Å². The topological polar surface area (TPSA) is 112 Å². The average Bonchev–Trinajstić information content (AvgIpc) is 3.08. The Morgan fingerprint density at radius 1 is 1.27 bits per heavy atom. The standard InChI is InChI=1S/C19H19NO6/c1-20-12-5-3-2-4-10(12)18(24)16-13(23)7-14-11(17(16)20)6-15(26-14)19(25,8-21)9-22/h2-5,7,15,21-23,25H,6,8-9H2,1H3/t15-/m1/s1. The molecule has 136 valence electrons. The zero-order valence-corrected chi connectivity index (χ0v) is 14.1. The Morgan fingerprint density at radius 3 is 2.65 bits per heavy atom. The molecule has 0 spiro atoms. The first-order valence-corrected chi connectivity index (χ1v) is 8.28. The Kier molecular flexibility index (Phi) is 3.69. The summed E-state index contributed by atoms with van der Waals surface area (Å²) < 4.78 is 7.52. The van der Waals surface area contributed by atoms with Gasteiger partial charge in [-0.3, -0.25) is 4.79 Å². The highest BCUT2D eigenvalue weighted by Crippen LogP contribution is 2.41. The number of ether oxygens (including phenoxy) is 1. The molecule has 1 aliphatic rings. The van der Waals surface area contributed by atoms with E-state index in [0.29, 0.717) is 27.7 Å². The largest absolute Gasteiger partial charge is 0.507 e. The maximum atomic E-state index is 12.9. The number of aliphatic hydroxyl groups is 3. The van der Waals surface area contributed by atoms with Crippen LogP contribution >= 0.6 is 0 Å². The fourth-order valence-corrected chi connectivity index (χ4v) is 3.72. The molecule has 26 heavy (non-hydrogen) atoms. The van der Waals surface area contributed by atoms with Crippen molar-refractivity contribution in [2.75, 3.05) is 13.2 Å². The summed E-state index contributed by atoms with van der Waals surface area (Å²) in [4.78, 5) is 12.9. The van der Waals surface area contributed by atoms with E-state index < -0.39 is 24.9 Å². The predicted molar refractivity (Wildman–Crippen MR) is 95.6 cm³/mol. The van der Waals surface area contributed by atoms with Crippen LogP contribution in [0.2, 0.25) is 0 Å². The van der Waals surface area contributed by atoms with Gasteiger partial charge in [0.2, 0.25) is 5.43 Å². The van der Waals surface area contributed by atoms with Crippen molar-refractivity contribution in [1.29, 1.82) is 0 Å². The number of phenols is 1. The highest BCUT2D eigenvalue weighted by molar-refractivity contribution is 5.99. The number of pyridine rings is 1. The lowest BCUT2D eigenvalue weighted by atomic mass is 9.93. The van der Waals surface area contributed by atoms with Crippen molar-refractivity contribution in [3.8, 4) is 11.5 Å². The third kappa shape index (κ3) is 2.14. The molecule has 3 aromatic rings. The quantitative estimate of drug-likeness (QED) is 0.506. The predicted octanol–water partition coefficient (Wildman–Crippen LogP) is 0.416. The van der Waals surface area contributed by atoms with Crippen LogP contribution in [0.1, 0.15) is 5.56 Å². The van der Waals surface area contributed by atoms with Crippen LogP contribution in [0.4, 0.5) is 0 Å². The SMILES string of the molecule is Cn1c2ccccc2c(=O)c2c(O)cc3c(c21)C[C@H](C(O)(CO)CO)O3. The number of aromatic nitrogens is 1. The van der Waals surface area contributed by atoms with Gasteiger partial charge in [0.25, 0.3) is 0 Å². The molecule has 0 saturated heterocycles. The number of aromatic hydroxyl groups is 1. The molecule has 1 atom stereocenters. The van der Waals surface area contributed by atoms with Gasteiger partial charge in [-0.05, 0) is 12.1 Å². The maximum absolute atomic E-state index is 12.9. The zero-order valence-electron chi connectivity index (χ0n) is 14.1. The molecule has 0 radical (unpaired) electrons. The van der Waals surface area contributed by atoms with E-state index in [-0.39, 0.29) is 23.0 Å². The van der Waals surface area contributed by atoms with Gasteiger partial charge in [0.1, 0.15) is 23.2 Å². The maximum Gasteiger partial charge on any atom is 0.200 e.